The second-order valence-electron chi connectivity index (χ2n) is 10.8. The smallest absolute Gasteiger partial charge is 0.550 e. The quantitative estimate of drug-likeness (QED) is 0.145. The van der Waals surface area contributed by atoms with Crippen molar-refractivity contribution in [2.75, 3.05) is 13.2 Å². The molecule has 0 bridgehead atoms. The second-order valence-corrected chi connectivity index (χ2v) is 10.8. The van der Waals surface area contributed by atoms with E-state index in [1.54, 1.807) is 12.2 Å². The first-order valence-corrected chi connectivity index (χ1v) is 12.9. The molecule has 0 aromatic rings. The Labute approximate surface area is 270 Å². The van der Waals surface area contributed by atoms with Gasteiger partial charge < -0.3 is 29.2 Å². The summed E-state index contributed by atoms with van der Waals surface area (Å²) in [6, 6.07) is 0. The topological polar surface area (TPSA) is 156 Å². The van der Waals surface area contributed by atoms with Gasteiger partial charge in [-0.2, -0.15) is 0 Å². The molecule has 11 heteroatoms. The van der Waals surface area contributed by atoms with Gasteiger partial charge in [0.05, 0.1) is 24.8 Å². The summed E-state index contributed by atoms with van der Waals surface area (Å²) >= 11 is 0. The van der Waals surface area contributed by atoms with Gasteiger partial charge in [0.15, 0.2) is 0 Å². The van der Waals surface area contributed by atoms with E-state index in [9.17, 15) is 29.1 Å². The number of esters is 3. The molecule has 3 unspecified atom stereocenters. The largest absolute Gasteiger partial charge is 1.00 e. The van der Waals surface area contributed by atoms with Crippen molar-refractivity contribution in [3.8, 4) is 0 Å². The van der Waals surface area contributed by atoms with Crippen molar-refractivity contribution in [3.63, 3.8) is 0 Å². The molecule has 0 spiro atoms. The molecule has 2 fully saturated rings. The van der Waals surface area contributed by atoms with E-state index in [-0.39, 0.29) is 107 Å². The number of carboxylic acids is 2. The van der Waals surface area contributed by atoms with Crippen molar-refractivity contribution in [1.29, 1.82) is 0 Å². The number of hydrogen-bond donors (Lipinski definition) is 1. The molecular weight excluding hydrogens is 535 g/mol. The normalized spacial score (nSPS) is 30.0. The maximum Gasteiger partial charge on any atom is 1.00 e. The Kier molecular flexibility index (Phi) is 12.2. The van der Waals surface area contributed by atoms with Gasteiger partial charge in [-0.25, -0.2) is 4.79 Å². The zero-order valence-electron chi connectivity index (χ0n) is 22.9. The van der Waals surface area contributed by atoms with Crippen molar-refractivity contribution in [2.45, 2.75) is 71.3 Å². The van der Waals surface area contributed by atoms with Gasteiger partial charge in [-0.05, 0) is 49.5 Å². The minimum absolute atomic E-state index is 0. The summed E-state index contributed by atoms with van der Waals surface area (Å²) < 4.78 is 16.3. The fourth-order valence-corrected chi connectivity index (χ4v) is 6.30. The third kappa shape index (κ3) is 8.13. The Morgan fingerprint density at radius 1 is 1.15 bits per heavy atom. The molecule has 10 nitrogen and oxygen atoms in total. The van der Waals surface area contributed by atoms with E-state index in [4.69, 9.17) is 19.3 Å². The van der Waals surface area contributed by atoms with E-state index in [2.05, 4.69) is 13.5 Å². The standard InChI is InChI=1S/C28H36O10.K/c1-17-4-7-20-27(2,19(17)6-5-18-13-15-36-26(18)35)14-12-21(38-25(34)11-9-23(31)32)28(20,3)16-37-24(33)10-8-22(29)30;/h5-6,13,19-21H,1,4,7-12,14-16H2,2-3H3,(H,29,30)(H,31,32);/q;+1/p-1/t19?,20?,21?,27-,28-;/m0./s1. The Bertz CT molecular complexity index is 1060. The molecule has 0 saturated heterocycles. The predicted molar refractivity (Wildman–Crippen MR) is 131 cm³/mol. The van der Waals surface area contributed by atoms with Gasteiger partial charge in [0.1, 0.15) is 19.3 Å². The molecule has 208 valence electrons. The number of carboxylic acid groups (broad SMARTS) is 2. The second kappa shape index (κ2) is 14.2. The number of fused-ring (bicyclic) bond motifs is 1. The van der Waals surface area contributed by atoms with Gasteiger partial charge in [-0.3, -0.25) is 14.4 Å². The number of aliphatic carboxylic acids is 2. The molecule has 3 rings (SSSR count). The van der Waals surface area contributed by atoms with Crippen LogP contribution in [0.5, 0.6) is 0 Å². The minimum Gasteiger partial charge on any atom is -0.550 e. The molecule has 0 aromatic heterocycles. The molecule has 2 saturated carbocycles. The van der Waals surface area contributed by atoms with E-state index in [0.29, 0.717) is 31.3 Å². The van der Waals surface area contributed by atoms with Crippen LogP contribution in [0.2, 0.25) is 0 Å². The van der Waals surface area contributed by atoms with E-state index >= 15 is 0 Å². The maximum absolute atomic E-state index is 12.5. The molecule has 0 amide bonds. The van der Waals surface area contributed by atoms with Gasteiger partial charge in [0.25, 0.3) is 0 Å². The summed E-state index contributed by atoms with van der Waals surface area (Å²) in [6.07, 6.45) is 5.84. The van der Waals surface area contributed by atoms with Gasteiger partial charge >= 0.3 is 75.3 Å². The Morgan fingerprint density at radius 3 is 2.46 bits per heavy atom. The molecular formula is C28H35KO10. The number of carbonyl (C=O) groups is 5. The molecule has 1 N–H and O–H groups in total. The average molecular weight is 571 g/mol. The number of cyclic esters (lactones) is 1. The Morgan fingerprint density at radius 2 is 1.85 bits per heavy atom. The molecule has 2 aliphatic carbocycles. The van der Waals surface area contributed by atoms with Crippen LogP contribution in [0.1, 0.15) is 65.2 Å². The van der Waals surface area contributed by atoms with Crippen molar-refractivity contribution >= 4 is 29.8 Å². The van der Waals surface area contributed by atoms with Gasteiger partial charge in [0, 0.05) is 17.3 Å². The summed E-state index contributed by atoms with van der Waals surface area (Å²) in [5.74, 6) is -4.38. The van der Waals surface area contributed by atoms with Crippen LogP contribution in [0, 0.1) is 22.7 Å². The third-order valence-electron chi connectivity index (χ3n) is 8.29. The van der Waals surface area contributed by atoms with Crippen LogP contribution in [0.3, 0.4) is 0 Å². The van der Waals surface area contributed by atoms with Crippen LogP contribution in [0.15, 0.2) is 36.0 Å². The van der Waals surface area contributed by atoms with Gasteiger partial charge in [-0.15, -0.1) is 0 Å². The number of carbonyl (C=O) groups excluding carboxylic acids is 4. The third-order valence-corrected chi connectivity index (χ3v) is 8.29. The summed E-state index contributed by atoms with van der Waals surface area (Å²) in [4.78, 5) is 58.5. The molecule has 39 heavy (non-hydrogen) atoms. The van der Waals surface area contributed by atoms with Crippen LogP contribution < -0.4 is 56.5 Å². The van der Waals surface area contributed by atoms with E-state index < -0.39 is 41.8 Å². The SMILES string of the molecule is C=C1CCC2[C@@](C)(CCC(OC(=O)CCC(=O)O)[C@@]2(C)COC(=O)CCC(=O)[O-])C1C=CC1=CCOC1=O.[K+]. The fraction of sp³-hybridized carbons (Fsp3) is 0.607. The van der Waals surface area contributed by atoms with Crippen molar-refractivity contribution in [3.05, 3.63) is 36.0 Å². The summed E-state index contributed by atoms with van der Waals surface area (Å²) in [7, 11) is 0. The number of hydrogen-bond acceptors (Lipinski definition) is 9. The molecule has 5 atom stereocenters. The number of allylic oxidation sites excluding steroid dienone is 2. The van der Waals surface area contributed by atoms with Crippen molar-refractivity contribution < 1.29 is 99.8 Å². The van der Waals surface area contributed by atoms with Gasteiger partial charge in [-0.1, -0.05) is 38.2 Å². The van der Waals surface area contributed by atoms with Crippen LogP contribution in [0.25, 0.3) is 0 Å². The van der Waals surface area contributed by atoms with Crippen LogP contribution in [-0.4, -0.2) is 54.3 Å². The summed E-state index contributed by atoms with van der Waals surface area (Å²) in [5, 5.41) is 19.7. The first-order chi connectivity index (χ1) is 17.9. The molecule has 3 aliphatic rings. The van der Waals surface area contributed by atoms with E-state index in [0.717, 1.165) is 5.57 Å². The molecule has 0 radical (unpaired) electrons. The number of rotatable bonds is 11. The van der Waals surface area contributed by atoms with Crippen molar-refractivity contribution in [1.82, 2.24) is 0 Å². The Hall–Kier alpha value is -1.79. The zero-order valence-corrected chi connectivity index (χ0v) is 26.0. The van der Waals surface area contributed by atoms with Crippen molar-refractivity contribution in [2.24, 2.45) is 22.7 Å². The average Bonchev–Trinajstić information content (AvgIpc) is 3.26. The van der Waals surface area contributed by atoms with E-state index in [1.807, 2.05) is 13.0 Å². The summed E-state index contributed by atoms with van der Waals surface area (Å²) in [5.41, 5.74) is 0.290. The Balaban J connectivity index is 0.00000533. The molecule has 1 heterocycles. The fourth-order valence-electron chi connectivity index (χ4n) is 6.30. The summed E-state index contributed by atoms with van der Waals surface area (Å²) in [6.45, 7) is 8.44. The monoisotopic (exact) mass is 570 g/mol. The molecule has 0 aromatic carbocycles. The van der Waals surface area contributed by atoms with Crippen LogP contribution in [-0.2, 0) is 38.2 Å². The number of ether oxygens (including phenoxy) is 3. The van der Waals surface area contributed by atoms with E-state index in [1.165, 1.54) is 0 Å². The minimum atomic E-state index is -1.36. The predicted octanol–water partition coefficient (Wildman–Crippen LogP) is -0.731. The zero-order chi connectivity index (χ0) is 28.1. The maximum atomic E-state index is 12.5. The van der Waals surface area contributed by atoms with Gasteiger partial charge in [0.2, 0.25) is 0 Å². The van der Waals surface area contributed by atoms with Crippen LogP contribution >= 0.6 is 0 Å². The first kappa shape index (κ1) is 33.4. The van der Waals surface area contributed by atoms with Crippen LogP contribution in [0.4, 0.5) is 0 Å². The molecule has 1 aliphatic heterocycles. The first-order valence-electron chi connectivity index (χ1n) is 12.9.